The molecule has 0 aliphatic rings. The standard InChI is InChI=1S/C24H25N3O3.C2HF3O2/c1-29-20-10-7-11-21(14-20)30-17-19(28)16-27-23-13-6-5-12-22(23)26(24(27)25)15-18-8-3-2-4-9-18;3-2(4,5)1(6)7/h2-14,19,25,28H,15-17H2,1H3;(H,6,7). The molecular weight excluding hydrogens is 491 g/mol. The number of imidazole rings is 1. The van der Waals surface area contributed by atoms with Crippen LogP contribution in [0.3, 0.4) is 0 Å². The summed E-state index contributed by atoms with van der Waals surface area (Å²) in [5.74, 6) is -1.42. The van der Waals surface area contributed by atoms with Crippen LogP contribution in [0.1, 0.15) is 5.56 Å². The number of rotatable bonds is 8. The molecule has 8 nitrogen and oxygen atoms in total. The first-order valence-corrected chi connectivity index (χ1v) is 11.1. The molecule has 0 radical (unpaired) electrons. The lowest BCUT2D eigenvalue weighted by atomic mass is 10.2. The van der Waals surface area contributed by atoms with Gasteiger partial charge in [-0.3, -0.25) is 5.41 Å². The largest absolute Gasteiger partial charge is 0.497 e. The number of aromatic nitrogens is 2. The Balaban J connectivity index is 0.000000479. The van der Waals surface area contributed by atoms with Crippen LogP contribution in [-0.2, 0) is 17.9 Å². The molecule has 11 heteroatoms. The van der Waals surface area contributed by atoms with E-state index in [0.29, 0.717) is 23.7 Å². The molecule has 0 fully saturated rings. The minimum absolute atomic E-state index is 0.123. The Bertz CT molecular complexity index is 1380. The van der Waals surface area contributed by atoms with Gasteiger partial charge in [0.15, 0.2) is 0 Å². The van der Waals surface area contributed by atoms with Crippen LogP contribution in [0.4, 0.5) is 13.2 Å². The molecule has 1 unspecified atom stereocenters. The average molecular weight is 518 g/mol. The number of hydrogen-bond donors (Lipinski definition) is 3. The van der Waals surface area contributed by atoms with E-state index >= 15 is 0 Å². The number of halogens is 3. The lowest BCUT2D eigenvalue weighted by molar-refractivity contribution is -0.192. The van der Waals surface area contributed by atoms with Crippen molar-refractivity contribution in [1.29, 1.82) is 5.41 Å². The molecule has 0 amide bonds. The predicted octanol–water partition coefficient (Wildman–Crippen LogP) is 4.05. The highest BCUT2D eigenvalue weighted by atomic mass is 19.4. The van der Waals surface area contributed by atoms with E-state index in [1.165, 1.54) is 0 Å². The number of aliphatic hydroxyl groups excluding tert-OH is 1. The summed E-state index contributed by atoms with van der Waals surface area (Å²) in [5, 5.41) is 26.5. The Morgan fingerprint density at radius 3 is 2.11 bits per heavy atom. The summed E-state index contributed by atoms with van der Waals surface area (Å²) >= 11 is 0. The van der Waals surface area contributed by atoms with Crippen LogP contribution < -0.4 is 15.1 Å². The number of aliphatic hydroxyl groups is 1. The zero-order valence-corrected chi connectivity index (χ0v) is 19.9. The summed E-state index contributed by atoms with van der Waals surface area (Å²) in [7, 11) is 1.60. The molecular formula is C26H26F3N3O5. The quantitative estimate of drug-likeness (QED) is 0.327. The molecule has 3 N–H and O–H groups in total. The summed E-state index contributed by atoms with van der Waals surface area (Å²) in [6.45, 7) is 0.993. The van der Waals surface area contributed by atoms with Crippen LogP contribution in [0.25, 0.3) is 11.0 Å². The number of aliphatic carboxylic acids is 1. The van der Waals surface area contributed by atoms with Crippen molar-refractivity contribution in [2.24, 2.45) is 0 Å². The molecule has 0 saturated heterocycles. The highest BCUT2D eigenvalue weighted by Gasteiger charge is 2.38. The molecule has 1 aromatic heterocycles. The number of benzene rings is 3. The summed E-state index contributed by atoms with van der Waals surface area (Å²) in [6, 6.07) is 25.3. The van der Waals surface area contributed by atoms with Crippen LogP contribution >= 0.6 is 0 Å². The van der Waals surface area contributed by atoms with Gasteiger partial charge in [-0.05, 0) is 29.8 Å². The zero-order valence-electron chi connectivity index (χ0n) is 19.9. The maximum Gasteiger partial charge on any atom is 0.490 e. The highest BCUT2D eigenvalue weighted by Crippen LogP contribution is 2.19. The number of hydrogen-bond acceptors (Lipinski definition) is 5. The van der Waals surface area contributed by atoms with Gasteiger partial charge in [-0.25, -0.2) is 4.79 Å². The molecule has 0 bridgehead atoms. The van der Waals surface area contributed by atoms with Gasteiger partial charge in [0.1, 0.15) is 24.2 Å². The first kappa shape index (κ1) is 27.3. The van der Waals surface area contributed by atoms with Gasteiger partial charge in [-0.15, -0.1) is 0 Å². The number of carboxylic acid groups (broad SMARTS) is 1. The lowest BCUT2D eigenvalue weighted by Crippen LogP contribution is -2.31. The number of nitrogens with zero attached hydrogens (tertiary/aromatic N) is 2. The summed E-state index contributed by atoms with van der Waals surface area (Å²) in [5.41, 5.74) is 3.35. The Morgan fingerprint density at radius 2 is 1.51 bits per heavy atom. The number of alkyl halides is 3. The minimum atomic E-state index is -5.08. The smallest absolute Gasteiger partial charge is 0.490 e. The maximum atomic E-state index is 10.6. The molecule has 0 aliphatic carbocycles. The fourth-order valence-corrected chi connectivity index (χ4v) is 3.55. The van der Waals surface area contributed by atoms with Crippen molar-refractivity contribution in [2.45, 2.75) is 25.4 Å². The molecule has 1 atom stereocenters. The van der Waals surface area contributed by atoms with Crippen molar-refractivity contribution in [2.75, 3.05) is 13.7 Å². The van der Waals surface area contributed by atoms with Crippen LogP contribution in [0.5, 0.6) is 11.5 Å². The summed E-state index contributed by atoms with van der Waals surface area (Å²) in [4.78, 5) is 8.90. The van der Waals surface area contributed by atoms with Gasteiger partial charge in [0.25, 0.3) is 0 Å². The van der Waals surface area contributed by atoms with Crippen molar-refractivity contribution in [3.05, 3.63) is 90.0 Å². The number of para-hydroxylation sites is 2. The first-order chi connectivity index (χ1) is 17.6. The molecule has 37 heavy (non-hydrogen) atoms. The number of methoxy groups -OCH3 is 1. The Morgan fingerprint density at radius 1 is 0.946 bits per heavy atom. The van der Waals surface area contributed by atoms with Crippen molar-refractivity contribution in [3.8, 4) is 11.5 Å². The Kier molecular flexibility index (Phi) is 8.96. The summed E-state index contributed by atoms with van der Waals surface area (Å²) in [6.07, 6.45) is -5.85. The topological polar surface area (TPSA) is 110 Å². The van der Waals surface area contributed by atoms with E-state index in [1.807, 2.05) is 69.8 Å². The third-order valence-electron chi connectivity index (χ3n) is 5.28. The van der Waals surface area contributed by atoms with E-state index in [4.69, 9.17) is 24.8 Å². The van der Waals surface area contributed by atoms with Crippen LogP contribution in [0.15, 0.2) is 78.9 Å². The van der Waals surface area contributed by atoms with Crippen LogP contribution in [0.2, 0.25) is 0 Å². The molecule has 196 valence electrons. The number of carbonyl (C=O) groups is 1. The maximum absolute atomic E-state index is 10.6. The predicted molar refractivity (Wildman–Crippen MR) is 130 cm³/mol. The first-order valence-electron chi connectivity index (χ1n) is 11.1. The molecule has 1 heterocycles. The third-order valence-corrected chi connectivity index (χ3v) is 5.28. The SMILES string of the molecule is COc1cccc(OCC(O)Cn2c(=N)n(Cc3ccccc3)c3ccccc32)c1.O=C(O)C(F)(F)F. The number of ether oxygens (including phenoxy) is 2. The van der Waals surface area contributed by atoms with E-state index in [9.17, 15) is 18.3 Å². The second-order valence-corrected chi connectivity index (χ2v) is 7.94. The van der Waals surface area contributed by atoms with Crippen LogP contribution in [-0.4, -0.2) is 51.3 Å². The molecule has 4 aromatic rings. The zero-order chi connectivity index (χ0) is 27.0. The van der Waals surface area contributed by atoms with Crippen molar-refractivity contribution >= 4 is 17.0 Å². The molecule has 3 aromatic carbocycles. The Labute approximate surface area is 210 Å². The number of carboxylic acids is 1. The van der Waals surface area contributed by atoms with Gasteiger partial charge < -0.3 is 28.8 Å². The second-order valence-electron chi connectivity index (χ2n) is 7.94. The number of nitrogens with one attached hydrogen (secondary N) is 1. The van der Waals surface area contributed by atoms with Gasteiger partial charge >= 0.3 is 12.1 Å². The lowest BCUT2D eigenvalue weighted by Gasteiger charge is -2.14. The van der Waals surface area contributed by atoms with E-state index in [-0.39, 0.29) is 13.2 Å². The van der Waals surface area contributed by atoms with E-state index < -0.39 is 18.2 Å². The summed E-state index contributed by atoms with van der Waals surface area (Å²) < 4.78 is 46.5. The average Bonchev–Trinajstić information content (AvgIpc) is 3.14. The highest BCUT2D eigenvalue weighted by molar-refractivity contribution is 5.76. The van der Waals surface area contributed by atoms with Gasteiger partial charge in [-0.2, -0.15) is 13.2 Å². The number of fused-ring (bicyclic) bond motifs is 1. The monoisotopic (exact) mass is 517 g/mol. The molecule has 0 spiro atoms. The molecule has 0 saturated carbocycles. The van der Waals surface area contributed by atoms with Gasteiger partial charge in [0.2, 0.25) is 5.62 Å². The second kappa shape index (κ2) is 12.1. The van der Waals surface area contributed by atoms with Gasteiger partial charge in [-0.1, -0.05) is 48.5 Å². The Hall–Kier alpha value is -4.25. The van der Waals surface area contributed by atoms with E-state index in [1.54, 1.807) is 13.2 Å². The molecule has 4 rings (SSSR count). The van der Waals surface area contributed by atoms with E-state index in [0.717, 1.165) is 16.6 Å². The van der Waals surface area contributed by atoms with Crippen molar-refractivity contribution in [1.82, 2.24) is 9.13 Å². The van der Waals surface area contributed by atoms with Crippen molar-refractivity contribution < 1.29 is 37.7 Å². The van der Waals surface area contributed by atoms with Crippen molar-refractivity contribution in [3.63, 3.8) is 0 Å². The van der Waals surface area contributed by atoms with Gasteiger partial charge in [0, 0.05) is 6.07 Å². The van der Waals surface area contributed by atoms with E-state index in [2.05, 4.69) is 12.1 Å². The minimum Gasteiger partial charge on any atom is -0.497 e. The normalized spacial score (nSPS) is 11.9. The fourth-order valence-electron chi connectivity index (χ4n) is 3.55. The van der Waals surface area contributed by atoms with Gasteiger partial charge in [0.05, 0.1) is 31.2 Å². The fraction of sp³-hybridized carbons (Fsp3) is 0.231. The molecule has 0 aliphatic heterocycles. The van der Waals surface area contributed by atoms with Crippen LogP contribution in [0, 0.1) is 5.41 Å². The third kappa shape index (κ3) is 7.37.